The molecule has 0 aliphatic heterocycles. The summed E-state index contributed by atoms with van der Waals surface area (Å²) in [5.41, 5.74) is 2.47. The number of rotatable bonds is 6. The van der Waals surface area contributed by atoms with Crippen LogP contribution in [0.3, 0.4) is 0 Å². The number of aryl methyl sites for hydroxylation is 1. The fourth-order valence-electron chi connectivity index (χ4n) is 2.30. The summed E-state index contributed by atoms with van der Waals surface area (Å²) in [6, 6.07) is 18.6. The summed E-state index contributed by atoms with van der Waals surface area (Å²) in [5, 5.41) is 14.1. The van der Waals surface area contributed by atoms with Crippen molar-refractivity contribution in [3.63, 3.8) is 0 Å². The lowest BCUT2D eigenvalue weighted by molar-refractivity contribution is -0.384. The molecule has 25 heavy (non-hydrogen) atoms. The van der Waals surface area contributed by atoms with Gasteiger partial charge >= 0.3 is 5.69 Å². The molecule has 0 bridgehead atoms. The van der Waals surface area contributed by atoms with Gasteiger partial charge in [-0.05, 0) is 42.3 Å². The molecule has 6 nitrogen and oxygen atoms in total. The van der Waals surface area contributed by atoms with Gasteiger partial charge in [0.1, 0.15) is 12.4 Å². The first-order valence-electron chi connectivity index (χ1n) is 7.76. The van der Waals surface area contributed by atoms with E-state index in [1.54, 1.807) is 25.3 Å². The largest absolute Gasteiger partial charge is 0.489 e. The van der Waals surface area contributed by atoms with Gasteiger partial charge in [0.25, 0.3) is 0 Å². The van der Waals surface area contributed by atoms with E-state index in [4.69, 9.17) is 4.74 Å². The third-order valence-corrected chi connectivity index (χ3v) is 3.57. The molecule has 1 aromatic heterocycles. The quantitative estimate of drug-likeness (QED) is 0.525. The lowest BCUT2D eigenvalue weighted by Crippen LogP contribution is -2.00. The highest BCUT2D eigenvalue weighted by atomic mass is 16.6. The van der Waals surface area contributed by atoms with Crippen LogP contribution in [0.1, 0.15) is 11.1 Å². The minimum absolute atomic E-state index is 0.0515. The van der Waals surface area contributed by atoms with E-state index in [-0.39, 0.29) is 11.5 Å². The third kappa shape index (κ3) is 4.32. The summed E-state index contributed by atoms with van der Waals surface area (Å²) in [4.78, 5) is 14.8. The van der Waals surface area contributed by atoms with Crippen LogP contribution in [-0.2, 0) is 6.61 Å². The van der Waals surface area contributed by atoms with Crippen LogP contribution in [0, 0.1) is 17.0 Å². The zero-order valence-electron chi connectivity index (χ0n) is 13.7. The van der Waals surface area contributed by atoms with Gasteiger partial charge in [-0.15, -0.1) is 0 Å². The van der Waals surface area contributed by atoms with Crippen LogP contribution in [0.5, 0.6) is 5.75 Å². The minimum atomic E-state index is -0.445. The Morgan fingerprint density at radius 2 is 1.84 bits per heavy atom. The third-order valence-electron chi connectivity index (χ3n) is 3.57. The van der Waals surface area contributed by atoms with Crippen molar-refractivity contribution in [1.29, 1.82) is 0 Å². The summed E-state index contributed by atoms with van der Waals surface area (Å²) in [6.07, 6.45) is 1.59. The van der Waals surface area contributed by atoms with Crippen molar-refractivity contribution in [3.05, 3.63) is 88.1 Å². The van der Waals surface area contributed by atoms with Crippen molar-refractivity contribution in [2.45, 2.75) is 13.5 Å². The van der Waals surface area contributed by atoms with E-state index in [2.05, 4.69) is 10.3 Å². The maximum Gasteiger partial charge on any atom is 0.311 e. The van der Waals surface area contributed by atoms with Gasteiger partial charge in [0.2, 0.25) is 5.82 Å². The highest BCUT2D eigenvalue weighted by molar-refractivity contribution is 5.66. The van der Waals surface area contributed by atoms with Crippen LogP contribution in [0.15, 0.2) is 66.9 Å². The average Bonchev–Trinajstić information content (AvgIpc) is 2.63. The molecule has 0 aliphatic rings. The molecule has 0 aliphatic carbocycles. The van der Waals surface area contributed by atoms with E-state index < -0.39 is 4.92 Å². The molecule has 6 heteroatoms. The Labute approximate surface area is 145 Å². The number of benzene rings is 2. The lowest BCUT2D eigenvalue weighted by atomic mass is 10.2. The zero-order chi connectivity index (χ0) is 17.6. The highest BCUT2D eigenvalue weighted by Gasteiger charge is 2.15. The van der Waals surface area contributed by atoms with Gasteiger partial charge in [-0.3, -0.25) is 10.1 Å². The van der Waals surface area contributed by atoms with E-state index in [9.17, 15) is 10.1 Å². The standard InChI is InChI=1S/C19H17N3O3/c1-14-11-18(22(23)24)19(20-12-14)21-16-7-9-17(10-8-16)25-13-15-5-3-2-4-6-15/h2-12H,13H2,1H3,(H,20,21). The minimum Gasteiger partial charge on any atom is -0.489 e. The van der Waals surface area contributed by atoms with Crippen molar-refractivity contribution in [1.82, 2.24) is 4.98 Å². The average molecular weight is 335 g/mol. The first-order valence-corrected chi connectivity index (χ1v) is 7.76. The smallest absolute Gasteiger partial charge is 0.311 e. The second kappa shape index (κ2) is 7.44. The topological polar surface area (TPSA) is 77.3 Å². The SMILES string of the molecule is Cc1cnc(Nc2ccc(OCc3ccccc3)cc2)c([N+](=O)[O-])c1. The molecule has 0 saturated carbocycles. The Hall–Kier alpha value is -3.41. The summed E-state index contributed by atoms with van der Waals surface area (Å²) in [5.74, 6) is 0.939. The number of nitrogens with one attached hydrogen (secondary N) is 1. The first kappa shape index (κ1) is 16.4. The molecular weight excluding hydrogens is 318 g/mol. The highest BCUT2D eigenvalue weighted by Crippen LogP contribution is 2.27. The number of nitro groups is 1. The van der Waals surface area contributed by atoms with Crippen LogP contribution in [0.4, 0.5) is 17.2 Å². The van der Waals surface area contributed by atoms with E-state index in [1.165, 1.54) is 6.07 Å². The molecule has 0 spiro atoms. The molecule has 0 unspecified atom stereocenters. The Morgan fingerprint density at radius 1 is 1.12 bits per heavy atom. The van der Waals surface area contributed by atoms with Gasteiger partial charge in [0.05, 0.1) is 4.92 Å². The molecule has 3 aromatic rings. The van der Waals surface area contributed by atoms with E-state index in [1.807, 2.05) is 42.5 Å². The Bertz CT molecular complexity index is 865. The maximum atomic E-state index is 11.1. The summed E-state index contributed by atoms with van der Waals surface area (Å²) in [6.45, 7) is 2.25. The molecule has 0 amide bonds. The number of pyridine rings is 1. The summed E-state index contributed by atoms with van der Waals surface area (Å²) in [7, 11) is 0. The fraction of sp³-hybridized carbons (Fsp3) is 0.105. The Balaban J connectivity index is 1.68. The molecule has 0 atom stereocenters. The number of nitrogens with zero attached hydrogens (tertiary/aromatic N) is 2. The number of aromatic nitrogens is 1. The zero-order valence-corrected chi connectivity index (χ0v) is 13.7. The monoisotopic (exact) mass is 335 g/mol. The molecule has 0 fully saturated rings. The molecule has 2 aromatic carbocycles. The van der Waals surface area contributed by atoms with Crippen LogP contribution in [0.2, 0.25) is 0 Å². The number of ether oxygens (including phenoxy) is 1. The molecule has 126 valence electrons. The second-order valence-electron chi connectivity index (χ2n) is 5.56. The van der Waals surface area contributed by atoms with Gasteiger partial charge in [-0.25, -0.2) is 4.98 Å². The number of hydrogen-bond acceptors (Lipinski definition) is 5. The van der Waals surface area contributed by atoms with Crippen LogP contribution >= 0.6 is 0 Å². The molecule has 0 radical (unpaired) electrons. The van der Waals surface area contributed by atoms with Gasteiger partial charge in [0.15, 0.2) is 0 Å². The second-order valence-corrected chi connectivity index (χ2v) is 5.56. The molecule has 0 saturated heterocycles. The molecule has 1 heterocycles. The van der Waals surface area contributed by atoms with Crippen molar-refractivity contribution >= 4 is 17.2 Å². The van der Waals surface area contributed by atoms with Gasteiger partial charge in [-0.1, -0.05) is 30.3 Å². The molecule has 3 rings (SSSR count). The lowest BCUT2D eigenvalue weighted by Gasteiger charge is -2.09. The van der Waals surface area contributed by atoms with Gasteiger partial charge in [0, 0.05) is 18.0 Å². The van der Waals surface area contributed by atoms with Gasteiger partial charge in [-0.2, -0.15) is 0 Å². The van der Waals surface area contributed by atoms with Gasteiger partial charge < -0.3 is 10.1 Å². The van der Waals surface area contributed by atoms with Crippen LogP contribution in [-0.4, -0.2) is 9.91 Å². The normalized spacial score (nSPS) is 10.3. The predicted molar refractivity (Wildman–Crippen MR) is 96.1 cm³/mol. The Morgan fingerprint density at radius 3 is 2.52 bits per heavy atom. The van der Waals surface area contributed by atoms with Crippen LogP contribution in [0.25, 0.3) is 0 Å². The summed E-state index contributed by atoms with van der Waals surface area (Å²) >= 11 is 0. The number of hydrogen-bond donors (Lipinski definition) is 1. The first-order chi connectivity index (χ1) is 12.1. The fourth-order valence-corrected chi connectivity index (χ4v) is 2.30. The van der Waals surface area contributed by atoms with E-state index >= 15 is 0 Å². The molecular formula is C19H17N3O3. The Kier molecular flexibility index (Phi) is 4.89. The number of anilines is 2. The van der Waals surface area contributed by atoms with E-state index in [0.29, 0.717) is 12.3 Å². The van der Waals surface area contributed by atoms with Crippen LogP contribution < -0.4 is 10.1 Å². The van der Waals surface area contributed by atoms with Crippen molar-refractivity contribution < 1.29 is 9.66 Å². The van der Waals surface area contributed by atoms with Crippen molar-refractivity contribution in [2.24, 2.45) is 0 Å². The van der Waals surface area contributed by atoms with E-state index in [0.717, 1.165) is 16.9 Å². The predicted octanol–water partition coefficient (Wildman–Crippen LogP) is 4.62. The van der Waals surface area contributed by atoms with Crippen molar-refractivity contribution in [2.75, 3.05) is 5.32 Å². The summed E-state index contributed by atoms with van der Waals surface area (Å²) < 4.78 is 5.72. The maximum absolute atomic E-state index is 11.1. The van der Waals surface area contributed by atoms with Crippen molar-refractivity contribution in [3.8, 4) is 5.75 Å². The molecule has 1 N–H and O–H groups in total.